The summed E-state index contributed by atoms with van der Waals surface area (Å²) in [7, 11) is -6.25. The van der Waals surface area contributed by atoms with Crippen molar-refractivity contribution in [2.75, 3.05) is 6.61 Å². The average molecular weight is 853 g/mol. The molecule has 0 saturated heterocycles. The maximum Gasteiger partial charge on any atom is 0.367 e. The Morgan fingerprint density at radius 2 is 1.51 bits per heavy atom. The molecule has 0 aliphatic carbocycles. The first kappa shape index (κ1) is 29.4. The second-order valence-electron chi connectivity index (χ2n) is 6.16. The van der Waals surface area contributed by atoms with Gasteiger partial charge in [0.25, 0.3) is 5.69 Å². The van der Waals surface area contributed by atoms with Gasteiger partial charge < -0.3 is 14.0 Å². The van der Waals surface area contributed by atoms with E-state index in [1.54, 1.807) is 28.7 Å². The Bertz CT molecular complexity index is 1370. The zero-order valence-electron chi connectivity index (χ0n) is 16.2. The zero-order valence-corrected chi connectivity index (χ0v) is 23.5. The Kier molecular flexibility index (Phi) is 9.26. The number of halogens is 5. The highest BCUT2D eigenvalue weighted by Crippen LogP contribution is 2.36. The number of hydrogen-bond donors (Lipinski definition) is 0. The molecule has 2 aromatic carbocycles. The summed E-state index contributed by atoms with van der Waals surface area (Å²) in [6.45, 7) is -2.29. The van der Waals surface area contributed by atoms with Gasteiger partial charge in [-0.15, -0.1) is 0 Å². The van der Waals surface area contributed by atoms with Crippen LogP contribution in [-0.2, 0) is 14.9 Å². The second-order valence-corrected chi connectivity index (χ2v) is 11.1. The van der Waals surface area contributed by atoms with Gasteiger partial charge in [-0.3, -0.25) is 20.2 Å². The van der Waals surface area contributed by atoms with Gasteiger partial charge in [0.1, 0.15) is 5.56 Å². The molecule has 0 fully saturated rings. The largest absolute Gasteiger partial charge is 0.743 e. The molecule has 2 aromatic rings. The van der Waals surface area contributed by atoms with Crippen molar-refractivity contribution in [1.29, 1.82) is 0 Å². The van der Waals surface area contributed by atoms with E-state index in [0.29, 0.717) is 16.8 Å². The van der Waals surface area contributed by atoms with Crippen molar-refractivity contribution in [2.24, 2.45) is 0 Å². The predicted octanol–water partition coefficient (Wildman–Crippen LogP) is 3.83. The summed E-state index contributed by atoms with van der Waals surface area (Å²) in [5.74, 6) is -4.05. The van der Waals surface area contributed by atoms with Crippen LogP contribution in [0.25, 0.3) is 0 Å². The minimum Gasteiger partial charge on any atom is -0.743 e. The summed E-state index contributed by atoms with van der Waals surface area (Å²) in [6, 6.07) is 3.65. The van der Waals surface area contributed by atoms with Gasteiger partial charge in [-0.25, -0.2) is 18.0 Å². The number of carbonyl (C=O) groups is 2. The molecule has 0 atom stereocenters. The van der Waals surface area contributed by atoms with Crippen molar-refractivity contribution >= 4 is 101 Å². The standard InChI is InChI=1S/C16H7F2I3N2O11S/c17-16(18,35(30,31)32)5-33-14(24)7-3-12(11(23(28)29)4-10(7)22(26)27)34-15(25)8-1-6(19)2-9(20)13(8)21/h1-4H,5H2,(H,30,31,32)/p-1. The van der Waals surface area contributed by atoms with E-state index in [1.165, 1.54) is 6.07 Å². The Balaban J connectivity index is 2.56. The normalized spacial score (nSPS) is 11.6. The lowest BCUT2D eigenvalue weighted by atomic mass is 10.1. The first-order valence-electron chi connectivity index (χ1n) is 8.30. The molecule has 0 unspecified atom stereocenters. The summed E-state index contributed by atoms with van der Waals surface area (Å²) < 4.78 is 68.9. The smallest absolute Gasteiger partial charge is 0.367 e. The van der Waals surface area contributed by atoms with Crippen LogP contribution in [0.15, 0.2) is 24.3 Å². The summed E-state index contributed by atoms with van der Waals surface area (Å²) in [6.07, 6.45) is 0. The molecule has 13 nitrogen and oxygen atoms in total. The number of hydrogen-bond acceptors (Lipinski definition) is 11. The highest BCUT2D eigenvalue weighted by molar-refractivity contribution is 14.1. The van der Waals surface area contributed by atoms with Gasteiger partial charge in [0.2, 0.25) is 5.75 Å². The van der Waals surface area contributed by atoms with Gasteiger partial charge in [-0.1, -0.05) is 0 Å². The number of ether oxygens (including phenoxy) is 2. The van der Waals surface area contributed by atoms with Gasteiger partial charge in [0.05, 0.1) is 21.5 Å². The fourth-order valence-electron chi connectivity index (χ4n) is 2.26. The molecule has 0 aliphatic heterocycles. The number of alkyl halides is 2. The van der Waals surface area contributed by atoms with Gasteiger partial charge in [0, 0.05) is 16.8 Å². The van der Waals surface area contributed by atoms with Gasteiger partial charge in [-0.05, 0) is 79.9 Å². The summed E-state index contributed by atoms with van der Waals surface area (Å²) in [4.78, 5) is 45.1. The summed E-state index contributed by atoms with van der Waals surface area (Å²) >= 11 is 5.61. The van der Waals surface area contributed by atoms with Crippen molar-refractivity contribution in [2.45, 2.75) is 5.25 Å². The van der Waals surface area contributed by atoms with Crippen molar-refractivity contribution in [3.8, 4) is 5.75 Å². The predicted molar refractivity (Wildman–Crippen MR) is 134 cm³/mol. The van der Waals surface area contributed by atoms with Crippen LogP contribution in [0.2, 0.25) is 0 Å². The average Bonchev–Trinajstić information content (AvgIpc) is 2.72. The fourth-order valence-corrected chi connectivity index (χ4v) is 4.83. The molecule has 0 saturated carbocycles. The first-order valence-corrected chi connectivity index (χ1v) is 12.9. The van der Waals surface area contributed by atoms with E-state index in [4.69, 9.17) is 4.74 Å². The van der Waals surface area contributed by atoms with Crippen molar-refractivity contribution < 1.29 is 50.7 Å². The Morgan fingerprint density at radius 1 is 0.943 bits per heavy atom. The van der Waals surface area contributed by atoms with E-state index in [1.807, 2.05) is 45.2 Å². The topological polar surface area (TPSA) is 196 Å². The molecule has 0 heterocycles. The lowest BCUT2D eigenvalue weighted by Crippen LogP contribution is -2.34. The van der Waals surface area contributed by atoms with E-state index in [0.717, 1.165) is 0 Å². The van der Waals surface area contributed by atoms with Crippen LogP contribution < -0.4 is 4.74 Å². The second kappa shape index (κ2) is 11.0. The van der Waals surface area contributed by atoms with Crippen LogP contribution >= 0.6 is 67.8 Å². The lowest BCUT2D eigenvalue weighted by molar-refractivity contribution is -0.394. The lowest BCUT2D eigenvalue weighted by Gasteiger charge is -2.19. The van der Waals surface area contributed by atoms with Crippen molar-refractivity contribution in [1.82, 2.24) is 0 Å². The van der Waals surface area contributed by atoms with Gasteiger partial charge in [-0.2, -0.15) is 8.78 Å². The molecule has 0 bridgehead atoms. The quantitative estimate of drug-likeness (QED) is 0.0712. The maximum absolute atomic E-state index is 13.3. The molecule has 35 heavy (non-hydrogen) atoms. The molecular weight excluding hydrogens is 847 g/mol. The number of rotatable bonds is 8. The fraction of sp³-hybridized carbons (Fsp3) is 0.125. The summed E-state index contributed by atoms with van der Waals surface area (Å²) in [5.41, 5.74) is -3.65. The third kappa shape index (κ3) is 6.88. The van der Waals surface area contributed by atoms with Crippen molar-refractivity contribution in [3.05, 3.63) is 66.3 Å². The number of nitrogens with zero attached hydrogens (tertiary/aromatic N) is 2. The highest BCUT2D eigenvalue weighted by atomic mass is 127. The van der Waals surface area contributed by atoms with Gasteiger partial charge in [0.15, 0.2) is 16.7 Å². The van der Waals surface area contributed by atoms with Crippen molar-refractivity contribution in [3.63, 3.8) is 0 Å². The number of carbonyl (C=O) groups excluding carboxylic acids is 2. The number of nitro benzene ring substituents is 2. The molecule has 0 radical (unpaired) electrons. The Morgan fingerprint density at radius 3 is 2.03 bits per heavy atom. The first-order chi connectivity index (χ1) is 16.0. The minimum atomic E-state index is -6.25. The van der Waals surface area contributed by atoms with Crippen LogP contribution in [-0.4, -0.2) is 46.6 Å². The van der Waals surface area contributed by atoms with Crippen LogP contribution in [0.4, 0.5) is 20.2 Å². The van der Waals surface area contributed by atoms with Crippen LogP contribution in [0.5, 0.6) is 5.75 Å². The molecule has 19 heteroatoms. The van der Waals surface area contributed by atoms with Crippen LogP contribution in [0.1, 0.15) is 20.7 Å². The van der Waals surface area contributed by atoms with Crippen LogP contribution in [0.3, 0.4) is 0 Å². The molecule has 0 amide bonds. The third-order valence-corrected chi connectivity index (χ3v) is 8.36. The van der Waals surface area contributed by atoms with E-state index in [9.17, 15) is 51.6 Å². The minimum absolute atomic E-state index is 0.0426. The molecule has 2 rings (SSSR count). The molecule has 0 aliphatic rings. The zero-order chi connectivity index (χ0) is 26.9. The van der Waals surface area contributed by atoms with Gasteiger partial charge >= 0.3 is 22.9 Å². The Hall–Kier alpha value is -1.86. The third-order valence-electron chi connectivity index (χ3n) is 3.84. The molecule has 0 N–H and O–H groups in total. The summed E-state index contributed by atoms with van der Waals surface area (Å²) in [5, 5.41) is 17.7. The number of esters is 2. The maximum atomic E-state index is 13.3. The van der Waals surface area contributed by atoms with E-state index < -0.39 is 66.5 Å². The molecule has 188 valence electrons. The molecular formula is C16H6F2I3N2O11S-. The van der Waals surface area contributed by atoms with E-state index >= 15 is 0 Å². The number of nitro groups is 2. The van der Waals surface area contributed by atoms with Crippen LogP contribution in [0, 0.1) is 30.9 Å². The molecule has 0 aromatic heterocycles. The van der Waals surface area contributed by atoms with E-state index in [2.05, 4.69) is 4.74 Å². The van der Waals surface area contributed by atoms with E-state index in [-0.39, 0.29) is 11.6 Å². The monoisotopic (exact) mass is 853 g/mol. The SMILES string of the molecule is O=C(OCC(F)(F)S(=O)(=O)[O-])c1cc(OC(=O)c2cc(I)cc(I)c2I)c([N+](=O)[O-])cc1[N+](=O)[O-]. The highest BCUT2D eigenvalue weighted by Gasteiger charge is 2.40. The number of benzene rings is 2. The molecule has 0 spiro atoms. The Labute approximate surface area is 234 Å².